The van der Waals surface area contributed by atoms with E-state index in [0.717, 1.165) is 11.7 Å². The zero-order valence-electron chi connectivity index (χ0n) is 10.1. The third-order valence-corrected chi connectivity index (χ3v) is 3.08. The third-order valence-electron chi connectivity index (χ3n) is 2.77. The molecule has 1 nitrogen and oxygen atoms in total. The molecule has 0 spiro atoms. The summed E-state index contributed by atoms with van der Waals surface area (Å²) in [5.74, 6) is 1.89. The molecular weight excluding hydrogens is 190 g/mol. The summed E-state index contributed by atoms with van der Waals surface area (Å²) in [7, 11) is 2.24. The topological polar surface area (TPSA) is 3.24 Å². The minimum absolute atomic E-state index is 0.845. The van der Waals surface area contributed by atoms with Crippen molar-refractivity contribution in [3.63, 3.8) is 0 Å². The highest BCUT2D eigenvalue weighted by atomic mass is 32.1. The van der Waals surface area contributed by atoms with Gasteiger partial charge in [0, 0.05) is 6.54 Å². The Balaban J connectivity index is 3.22. The van der Waals surface area contributed by atoms with E-state index < -0.39 is 0 Å². The number of nitrogens with zero attached hydrogens (tertiary/aromatic N) is 1. The second-order valence-electron chi connectivity index (χ2n) is 4.41. The predicted molar refractivity (Wildman–Crippen MR) is 69.3 cm³/mol. The van der Waals surface area contributed by atoms with Gasteiger partial charge in [-0.25, -0.2) is 0 Å². The Morgan fingerprint density at radius 2 is 1.79 bits per heavy atom. The van der Waals surface area contributed by atoms with Crippen LogP contribution in [0.3, 0.4) is 0 Å². The maximum absolute atomic E-state index is 4.21. The minimum atomic E-state index is 0.845. The molecule has 0 rings (SSSR count). The zero-order chi connectivity index (χ0) is 10.8. The van der Waals surface area contributed by atoms with Gasteiger partial charge in [0.15, 0.2) is 0 Å². The number of hydrogen-bond acceptors (Lipinski definition) is 2. The van der Waals surface area contributed by atoms with Gasteiger partial charge in [-0.05, 0) is 38.1 Å². The smallest absolute Gasteiger partial charge is 0.000387 e. The first kappa shape index (κ1) is 14.3. The lowest BCUT2D eigenvalue weighted by atomic mass is 10.1. The molecule has 0 aromatic rings. The molecule has 0 saturated carbocycles. The van der Waals surface area contributed by atoms with Crippen molar-refractivity contribution in [1.29, 1.82) is 0 Å². The van der Waals surface area contributed by atoms with Crippen LogP contribution in [0.2, 0.25) is 0 Å². The van der Waals surface area contributed by atoms with E-state index in [4.69, 9.17) is 0 Å². The van der Waals surface area contributed by atoms with E-state index in [1.165, 1.54) is 45.2 Å². The minimum Gasteiger partial charge on any atom is -0.306 e. The Morgan fingerprint density at radius 1 is 1.14 bits per heavy atom. The molecule has 0 aliphatic rings. The second-order valence-corrected chi connectivity index (χ2v) is 4.86. The fourth-order valence-electron chi connectivity index (χ4n) is 1.60. The molecule has 1 atom stereocenters. The van der Waals surface area contributed by atoms with E-state index >= 15 is 0 Å². The molecule has 0 saturated heterocycles. The molecule has 0 aliphatic heterocycles. The Morgan fingerprint density at radius 3 is 2.36 bits per heavy atom. The second kappa shape index (κ2) is 9.85. The van der Waals surface area contributed by atoms with Gasteiger partial charge in [0.1, 0.15) is 0 Å². The Labute approximate surface area is 95.7 Å². The van der Waals surface area contributed by atoms with E-state index in [1.54, 1.807) is 0 Å². The summed E-state index contributed by atoms with van der Waals surface area (Å²) in [6.45, 7) is 7.11. The van der Waals surface area contributed by atoms with Gasteiger partial charge in [0.25, 0.3) is 0 Å². The molecule has 14 heavy (non-hydrogen) atoms. The molecule has 0 radical (unpaired) electrons. The molecule has 0 aromatic heterocycles. The van der Waals surface area contributed by atoms with Crippen LogP contribution in [0.15, 0.2) is 0 Å². The molecule has 0 fully saturated rings. The SMILES string of the molecule is CCC(C)CN(C)CCCCCCS. The number of thiol groups is 1. The van der Waals surface area contributed by atoms with Crippen LogP contribution in [0.5, 0.6) is 0 Å². The van der Waals surface area contributed by atoms with Gasteiger partial charge in [-0.15, -0.1) is 0 Å². The number of unbranched alkanes of at least 4 members (excludes halogenated alkanes) is 3. The first-order chi connectivity index (χ1) is 6.70. The highest BCUT2D eigenvalue weighted by Crippen LogP contribution is 2.05. The Bertz CT molecular complexity index is 117. The largest absolute Gasteiger partial charge is 0.306 e. The van der Waals surface area contributed by atoms with E-state index in [1.807, 2.05) is 0 Å². The van der Waals surface area contributed by atoms with Gasteiger partial charge in [-0.2, -0.15) is 12.6 Å². The summed E-state index contributed by atoms with van der Waals surface area (Å²) in [6.07, 6.45) is 6.63. The lowest BCUT2D eigenvalue weighted by Gasteiger charge is -2.20. The lowest BCUT2D eigenvalue weighted by Crippen LogP contribution is -2.25. The van der Waals surface area contributed by atoms with Crippen molar-refractivity contribution >= 4 is 12.6 Å². The van der Waals surface area contributed by atoms with Crippen LogP contribution in [-0.4, -0.2) is 30.8 Å². The summed E-state index contributed by atoms with van der Waals surface area (Å²) in [5, 5.41) is 0. The maximum atomic E-state index is 4.21. The molecule has 0 N–H and O–H groups in total. The van der Waals surface area contributed by atoms with Crippen molar-refractivity contribution in [3.8, 4) is 0 Å². The standard InChI is InChI=1S/C12H27NS/c1-4-12(2)11-13(3)9-7-5-6-8-10-14/h12,14H,4-11H2,1-3H3. The molecule has 1 unspecified atom stereocenters. The Hall–Kier alpha value is 0.310. The molecule has 2 heteroatoms. The molecule has 0 heterocycles. The van der Waals surface area contributed by atoms with E-state index in [0.29, 0.717) is 0 Å². The average Bonchev–Trinajstić information content (AvgIpc) is 2.17. The van der Waals surface area contributed by atoms with Gasteiger partial charge >= 0.3 is 0 Å². The summed E-state index contributed by atoms with van der Waals surface area (Å²) < 4.78 is 0. The van der Waals surface area contributed by atoms with Crippen LogP contribution in [0, 0.1) is 5.92 Å². The molecular formula is C12H27NS. The van der Waals surface area contributed by atoms with Crippen molar-refractivity contribution < 1.29 is 0 Å². The van der Waals surface area contributed by atoms with Gasteiger partial charge in [-0.3, -0.25) is 0 Å². The van der Waals surface area contributed by atoms with E-state index in [9.17, 15) is 0 Å². The van der Waals surface area contributed by atoms with Crippen molar-refractivity contribution in [2.45, 2.75) is 46.0 Å². The van der Waals surface area contributed by atoms with Crippen LogP contribution in [0.25, 0.3) is 0 Å². The first-order valence-corrected chi connectivity index (χ1v) is 6.63. The number of hydrogen-bond donors (Lipinski definition) is 1. The summed E-state index contributed by atoms with van der Waals surface area (Å²) in [6, 6.07) is 0. The van der Waals surface area contributed by atoms with Crippen molar-refractivity contribution in [2.24, 2.45) is 5.92 Å². The molecule has 0 aliphatic carbocycles. The van der Waals surface area contributed by atoms with Crippen LogP contribution in [0.1, 0.15) is 46.0 Å². The monoisotopic (exact) mass is 217 g/mol. The normalized spacial score (nSPS) is 13.5. The molecule has 0 aromatic carbocycles. The van der Waals surface area contributed by atoms with Crippen molar-refractivity contribution in [3.05, 3.63) is 0 Å². The fourth-order valence-corrected chi connectivity index (χ4v) is 1.82. The third kappa shape index (κ3) is 8.89. The highest BCUT2D eigenvalue weighted by molar-refractivity contribution is 7.80. The van der Waals surface area contributed by atoms with Gasteiger partial charge in [0.2, 0.25) is 0 Å². The maximum Gasteiger partial charge on any atom is 0.000387 e. The summed E-state index contributed by atoms with van der Waals surface area (Å²) in [5.41, 5.74) is 0. The van der Waals surface area contributed by atoms with Crippen molar-refractivity contribution in [2.75, 3.05) is 25.9 Å². The first-order valence-electron chi connectivity index (χ1n) is 6.00. The van der Waals surface area contributed by atoms with Crippen molar-refractivity contribution in [1.82, 2.24) is 4.90 Å². The van der Waals surface area contributed by atoms with Crippen LogP contribution in [-0.2, 0) is 0 Å². The number of rotatable bonds is 9. The fraction of sp³-hybridized carbons (Fsp3) is 1.00. The Kier molecular flexibility index (Phi) is 10.1. The van der Waals surface area contributed by atoms with Gasteiger partial charge < -0.3 is 4.90 Å². The van der Waals surface area contributed by atoms with Gasteiger partial charge in [-0.1, -0.05) is 33.1 Å². The summed E-state index contributed by atoms with van der Waals surface area (Å²) in [4.78, 5) is 2.47. The van der Waals surface area contributed by atoms with Crippen LogP contribution in [0.4, 0.5) is 0 Å². The van der Waals surface area contributed by atoms with E-state index in [2.05, 4.69) is 38.4 Å². The average molecular weight is 217 g/mol. The van der Waals surface area contributed by atoms with Crippen LogP contribution < -0.4 is 0 Å². The lowest BCUT2D eigenvalue weighted by molar-refractivity contribution is 0.276. The van der Waals surface area contributed by atoms with Gasteiger partial charge in [0.05, 0.1) is 0 Å². The quantitative estimate of drug-likeness (QED) is 0.457. The summed E-state index contributed by atoms with van der Waals surface area (Å²) >= 11 is 4.21. The molecule has 86 valence electrons. The van der Waals surface area contributed by atoms with Crippen LogP contribution >= 0.6 is 12.6 Å². The van der Waals surface area contributed by atoms with E-state index in [-0.39, 0.29) is 0 Å². The molecule has 0 amide bonds. The highest BCUT2D eigenvalue weighted by Gasteiger charge is 2.03. The predicted octanol–water partition coefficient (Wildman–Crippen LogP) is 3.45. The zero-order valence-corrected chi connectivity index (χ0v) is 11.0. The molecule has 0 bridgehead atoms.